The molecule has 0 saturated carbocycles. The molecule has 0 radical (unpaired) electrons. The molecular weight excluding hydrogens is 476 g/mol. The van der Waals surface area contributed by atoms with Crippen LogP contribution in [0.2, 0.25) is 0 Å². The fourth-order valence-electron chi connectivity index (χ4n) is 4.74. The minimum atomic E-state index is -0.435. The van der Waals surface area contributed by atoms with Gasteiger partial charge in [-0.3, -0.25) is 19.9 Å². The number of non-ortho nitro benzene ring substituents is 1. The van der Waals surface area contributed by atoms with E-state index in [9.17, 15) is 14.9 Å². The molecule has 5 rings (SSSR count). The highest BCUT2D eigenvalue weighted by Gasteiger charge is 2.17. The Bertz CT molecular complexity index is 1620. The van der Waals surface area contributed by atoms with Crippen molar-refractivity contribution in [3.8, 4) is 11.3 Å². The van der Waals surface area contributed by atoms with E-state index in [1.54, 1.807) is 18.3 Å². The highest BCUT2D eigenvalue weighted by atomic mass is 16.6. The molecule has 7 heteroatoms. The molecule has 190 valence electrons. The lowest BCUT2D eigenvalue weighted by molar-refractivity contribution is -0.384. The highest BCUT2D eigenvalue weighted by Crippen LogP contribution is 2.28. The monoisotopic (exact) mass is 504 g/mol. The Kier molecular flexibility index (Phi) is 6.75. The zero-order valence-electron chi connectivity index (χ0n) is 21.5. The summed E-state index contributed by atoms with van der Waals surface area (Å²) in [4.78, 5) is 28.0. The van der Waals surface area contributed by atoms with Gasteiger partial charge in [0.05, 0.1) is 16.7 Å². The largest absolute Gasteiger partial charge is 0.346 e. The second-order valence-corrected chi connectivity index (χ2v) is 9.48. The third-order valence-corrected chi connectivity index (χ3v) is 7.11. The van der Waals surface area contributed by atoms with E-state index in [2.05, 4.69) is 53.0 Å². The normalized spacial score (nSPS) is 11.9. The van der Waals surface area contributed by atoms with Crippen LogP contribution in [0.15, 0.2) is 91.1 Å². The Morgan fingerprint density at radius 1 is 1.00 bits per heavy atom. The van der Waals surface area contributed by atoms with Gasteiger partial charge in [-0.15, -0.1) is 0 Å². The van der Waals surface area contributed by atoms with Crippen LogP contribution in [0.4, 0.5) is 5.69 Å². The number of carbonyl (C=O) groups excluding carboxylic acids is 1. The molecule has 0 bridgehead atoms. The first-order chi connectivity index (χ1) is 18.3. The van der Waals surface area contributed by atoms with Gasteiger partial charge in [0.15, 0.2) is 0 Å². The number of hydrogen-bond acceptors (Lipinski definition) is 4. The van der Waals surface area contributed by atoms with Gasteiger partial charge < -0.3 is 9.88 Å². The van der Waals surface area contributed by atoms with E-state index in [4.69, 9.17) is 0 Å². The number of carbonyl (C=O) groups is 1. The maximum Gasteiger partial charge on any atom is 0.269 e. The molecule has 38 heavy (non-hydrogen) atoms. The number of aromatic nitrogens is 2. The smallest absolute Gasteiger partial charge is 0.269 e. The fourth-order valence-corrected chi connectivity index (χ4v) is 4.74. The van der Waals surface area contributed by atoms with Crippen LogP contribution in [0.1, 0.15) is 45.7 Å². The topological polar surface area (TPSA) is 90.1 Å². The summed E-state index contributed by atoms with van der Waals surface area (Å²) in [5, 5.41) is 15.0. The molecule has 0 fully saturated rings. The molecule has 0 spiro atoms. The number of amides is 1. The maximum atomic E-state index is 13.1. The first-order valence-electron chi connectivity index (χ1n) is 12.5. The maximum absolute atomic E-state index is 13.1. The molecule has 0 aliphatic rings. The molecule has 1 amide bonds. The molecule has 2 heterocycles. The van der Waals surface area contributed by atoms with E-state index >= 15 is 0 Å². The van der Waals surface area contributed by atoms with Crippen molar-refractivity contribution in [2.75, 3.05) is 0 Å². The van der Waals surface area contributed by atoms with E-state index in [1.807, 2.05) is 43.3 Å². The summed E-state index contributed by atoms with van der Waals surface area (Å²) in [6.45, 7) is 6.78. The van der Waals surface area contributed by atoms with Crippen LogP contribution in [0.25, 0.3) is 22.2 Å². The van der Waals surface area contributed by atoms with Crippen LogP contribution in [-0.4, -0.2) is 20.4 Å². The molecule has 1 atom stereocenters. The van der Waals surface area contributed by atoms with Crippen molar-refractivity contribution in [1.29, 1.82) is 0 Å². The van der Waals surface area contributed by atoms with Crippen molar-refractivity contribution in [1.82, 2.24) is 14.9 Å². The Balaban J connectivity index is 1.35. The highest BCUT2D eigenvalue weighted by molar-refractivity contribution is 5.99. The number of hydrogen-bond donors (Lipinski definition) is 1. The summed E-state index contributed by atoms with van der Waals surface area (Å²) in [6.07, 6.45) is 1.80. The van der Waals surface area contributed by atoms with Gasteiger partial charge in [0, 0.05) is 52.6 Å². The van der Waals surface area contributed by atoms with E-state index in [0.717, 1.165) is 45.5 Å². The minimum Gasteiger partial charge on any atom is -0.346 e. The van der Waals surface area contributed by atoms with E-state index < -0.39 is 4.92 Å². The third-order valence-electron chi connectivity index (χ3n) is 7.11. The first kappa shape index (κ1) is 24.9. The van der Waals surface area contributed by atoms with E-state index in [0.29, 0.717) is 5.56 Å². The zero-order chi connectivity index (χ0) is 26.8. The minimum absolute atomic E-state index is 0.0252. The molecule has 0 saturated heterocycles. The quantitative estimate of drug-likeness (QED) is 0.196. The van der Waals surface area contributed by atoms with Gasteiger partial charge in [-0.25, -0.2) is 0 Å². The first-order valence-corrected chi connectivity index (χ1v) is 12.5. The number of aryl methyl sites for hydroxylation is 1. The van der Waals surface area contributed by atoms with Crippen LogP contribution in [0.5, 0.6) is 0 Å². The number of rotatable bonds is 7. The van der Waals surface area contributed by atoms with Crippen molar-refractivity contribution in [2.24, 2.45) is 0 Å². The standard InChI is InChI=1S/C31H28N4O3/c1-20-22(3)34(19-23-7-9-25(10-8-23)29-6-4-5-17-32-29)30-16-13-26(18-28(20)30)31(36)33-21(2)24-11-14-27(15-12-24)35(37)38/h4-18,21H,19H2,1-3H3,(H,33,36)/t21-/m0/s1. The Morgan fingerprint density at radius 2 is 1.74 bits per heavy atom. The Labute approximate surface area is 220 Å². The van der Waals surface area contributed by atoms with Crippen LogP contribution in [0, 0.1) is 24.0 Å². The summed E-state index contributed by atoms with van der Waals surface area (Å²) in [5.41, 5.74) is 8.00. The fraction of sp³-hybridized carbons (Fsp3) is 0.161. The average molecular weight is 505 g/mol. The zero-order valence-corrected chi connectivity index (χ0v) is 21.5. The number of nitrogens with zero attached hydrogens (tertiary/aromatic N) is 3. The van der Waals surface area contributed by atoms with Gasteiger partial charge in [-0.2, -0.15) is 0 Å². The number of benzene rings is 3. The van der Waals surface area contributed by atoms with Gasteiger partial charge in [-0.1, -0.05) is 42.5 Å². The van der Waals surface area contributed by atoms with Crippen LogP contribution in [0.3, 0.4) is 0 Å². The number of nitro benzene ring substituents is 1. The van der Waals surface area contributed by atoms with Gasteiger partial charge in [0.25, 0.3) is 11.6 Å². The van der Waals surface area contributed by atoms with E-state index in [-0.39, 0.29) is 17.6 Å². The Morgan fingerprint density at radius 3 is 2.39 bits per heavy atom. The summed E-state index contributed by atoms with van der Waals surface area (Å²) >= 11 is 0. The molecule has 7 nitrogen and oxygen atoms in total. The molecule has 5 aromatic rings. The Hall–Kier alpha value is -4.78. The summed E-state index contributed by atoms with van der Waals surface area (Å²) in [5.74, 6) is -0.187. The molecule has 2 aromatic heterocycles. The van der Waals surface area contributed by atoms with Crippen molar-refractivity contribution < 1.29 is 9.72 Å². The van der Waals surface area contributed by atoms with Crippen molar-refractivity contribution in [3.63, 3.8) is 0 Å². The van der Waals surface area contributed by atoms with Gasteiger partial charge >= 0.3 is 0 Å². The summed E-state index contributed by atoms with van der Waals surface area (Å²) in [6, 6.07) is 26.1. The van der Waals surface area contributed by atoms with Crippen LogP contribution in [-0.2, 0) is 6.54 Å². The lowest BCUT2D eigenvalue weighted by Crippen LogP contribution is -2.26. The predicted molar refractivity (Wildman–Crippen MR) is 149 cm³/mol. The lowest BCUT2D eigenvalue weighted by atomic mass is 10.1. The summed E-state index contributed by atoms with van der Waals surface area (Å²) < 4.78 is 2.28. The summed E-state index contributed by atoms with van der Waals surface area (Å²) in [7, 11) is 0. The molecule has 0 unspecified atom stereocenters. The number of nitro groups is 1. The van der Waals surface area contributed by atoms with Crippen molar-refractivity contribution in [2.45, 2.75) is 33.4 Å². The van der Waals surface area contributed by atoms with Crippen molar-refractivity contribution in [3.05, 3.63) is 129 Å². The van der Waals surface area contributed by atoms with E-state index in [1.165, 1.54) is 17.7 Å². The lowest BCUT2D eigenvalue weighted by Gasteiger charge is -2.14. The number of pyridine rings is 1. The van der Waals surface area contributed by atoms with Gasteiger partial charge in [0.2, 0.25) is 0 Å². The van der Waals surface area contributed by atoms with Crippen LogP contribution >= 0.6 is 0 Å². The number of fused-ring (bicyclic) bond motifs is 1. The number of nitrogens with one attached hydrogen (secondary N) is 1. The SMILES string of the molecule is Cc1c(C)n(Cc2ccc(-c3ccccn3)cc2)c2ccc(C(=O)N[C@@H](C)c3ccc([N+](=O)[O-])cc3)cc12. The van der Waals surface area contributed by atoms with Gasteiger partial charge in [0.1, 0.15) is 0 Å². The second kappa shape index (κ2) is 10.3. The molecule has 3 aromatic carbocycles. The molecule has 0 aliphatic carbocycles. The average Bonchev–Trinajstić information content (AvgIpc) is 3.18. The molecular formula is C31H28N4O3. The predicted octanol–water partition coefficient (Wildman–Crippen LogP) is 6.77. The van der Waals surface area contributed by atoms with Gasteiger partial charge in [-0.05, 0) is 67.8 Å². The molecule has 1 N–H and O–H groups in total. The molecule has 0 aliphatic heterocycles. The second-order valence-electron chi connectivity index (χ2n) is 9.48. The van der Waals surface area contributed by atoms with Crippen molar-refractivity contribution >= 4 is 22.5 Å². The third kappa shape index (κ3) is 4.91. The van der Waals surface area contributed by atoms with Crippen LogP contribution < -0.4 is 5.32 Å².